The van der Waals surface area contributed by atoms with Crippen molar-refractivity contribution in [2.45, 2.75) is 45.3 Å². The SMILES string of the molecule is CC(C)Oc1cccc(C(=O)N(CCO)C2CCC2)c1. The maximum Gasteiger partial charge on any atom is 0.254 e. The van der Waals surface area contributed by atoms with Crippen LogP contribution < -0.4 is 4.74 Å². The Bertz CT molecular complexity index is 455. The standard InChI is InChI=1S/C16H23NO3/c1-12(2)20-15-8-3-5-13(11-15)16(19)17(9-10-18)14-6-4-7-14/h3,5,8,11-12,14,18H,4,6-7,9-10H2,1-2H3. The van der Waals surface area contributed by atoms with E-state index in [0.717, 1.165) is 19.3 Å². The van der Waals surface area contributed by atoms with Crippen LogP contribution in [0.25, 0.3) is 0 Å². The van der Waals surface area contributed by atoms with E-state index in [1.54, 1.807) is 17.0 Å². The number of aliphatic hydroxyl groups excluding tert-OH is 1. The smallest absolute Gasteiger partial charge is 0.254 e. The van der Waals surface area contributed by atoms with Crippen molar-refractivity contribution in [2.75, 3.05) is 13.2 Å². The predicted octanol–water partition coefficient (Wildman–Crippen LogP) is 2.46. The predicted molar refractivity (Wildman–Crippen MR) is 78.0 cm³/mol. The normalized spacial score (nSPS) is 15.0. The highest BCUT2D eigenvalue weighted by atomic mass is 16.5. The summed E-state index contributed by atoms with van der Waals surface area (Å²) in [6.45, 7) is 4.32. The van der Waals surface area contributed by atoms with Gasteiger partial charge in [-0.3, -0.25) is 4.79 Å². The minimum Gasteiger partial charge on any atom is -0.491 e. The van der Waals surface area contributed by atoms with Gasteiger partial charge < -0.3 is 14.7 Å². The van der Waals surface area contributed by atoms with Crippen molar-refractivity contribution >= 4 is 5.91 Å². The number of nitrogens with zero attached hydrogens (tertiary/aromatic N) is 1. The molecule has 1 aliphatic carbocycles. The number of carbonyl (C=O) groups excluding carboxylic acids is 1. The first-order chi connectivity index (χ1) is 9.61. The molecule has 2 rings (SSSR count). The number of rotatable bonds is 6. The molecule has 1 aromatic carbocycles. The molecule has 0 unspecified atom stereocenters. The second-order valence-electron chi connectivity index (χ2n) is 5.50. The maximum atomic E-state index is 12.6. The second kappa shape index (κ2) is 6.75. The van der Waals surface area contributed by atoms with Crippen molar-refractivity contribution in [3.05, 3.63) is 29.8 Å². The highest BCUT2D eigenvalue weighted by Gasteiger charge is 2.29. The zero-order valence-corrected chi connectivity index (χ0v) is 12.2. The fraction of sp³-hybridized carbons (Fsp3) is 0.562. The van der Waals surface area contributed by atoms with Crippen LogP contribution in [0.2, 0.25) is 0 Å². The molecule has 4 nitrogen and oxygen atoms in total. The van der Waals surface area contributed by atoms with E-state index in [9.17, 15) is 4.79 Å². The Balaban J connectivity index is 2.13. The number of benzene rings is 1. The minimum atomic E-state index is -0.0158. The molecule has 1 aromatic rings. The van der Waals surface area contributed by atoms with Crippen molar-refractivity contribution in [3.8, 4) is 5.75 Å². The summed E-state index contributed by atoms with van der Waals surface area (Å²) in [5.74, 6) is 0.696. The molecule has 0 atom stereocenters. The quantitative estimate of drug-likeness (QED) is 0.869. The lowest BCUT2D eigenvalue weighted by Gasteiger charge is -2.37. The van der Waals surface area contributed by atoms with Crippen molar-refractivity contribution in [3.63, 3.8) is 0 Å². The van der Waals surface area contributed by atoms with Crippen LogP contribution in [-0.4, -0.2) is 41.2 Å². The molecule has 1 N–H and O–H groups in total. The fourth-order valence-electron chi connectivity index (χ4n) is 2.40. The molecule has 1 fully saturated rings. The number of hydrogen-bond acceptors (Lipinski definition) is 3. The third-order valence-electron chi connectivity index (χ3n) is 3.57. The molecular formula is C16H23NO3. The van der Waals surface area contributed by atoms with E-state index in [1.165, 1.54) is 0 Å². The van der Waals surface area contributed by atoms with E-state index in [0.29, 0.717) is 17.9 Å². The Labute approximate surface area is 120 Å². The monoisotopic (exact) mass is 277 g/mol. The first-order valence-corrected chi connectivity index (χ1v) is 7.30. The van der Waals surface area contributed by atoms with Crippen molar-refractivity contribution in [2.24, 2.45) is 0 Å². The summed E-state index contributed by atoms with van der Waals surface area (Å²) in [4.78, 5) is 14.4. The summed E-state index contributed by atoms with van der Waals surface area (Å²) in [6, 6.07) is 7.56. The molecule has 0 aromatic heterocycles. The largest absolute Gasteiger partial charge is 0.491 e. The summed E-state index contributed by atoms with van der Waals surface area (Å²) in [7, 11) is 0. The molecular weight excluding hydrogens is 254 g/mol. The summed E-state index contributed by atoms with van der Waals surface area (Å²) in [6.07, 6.45) is 3.32. The highest BCUT2D eigenvalue weighted by molar-refractivity contribution is 5.94. The number of carbonyl (C=O) groups is 1. The summed E-state index contributed by atoms with van der Waals surface area (Å²) < 4.78 is 5.63. The van der Waals surface area contributed by atoms with Gasteiger partial charge in [0.05, 0.1) is 12.7 Å². The lowest BCUT2D eigenvalue weighted by Crippen LogP contribution is -2.45. The number of aliphatic hydroxyl groups is 1. The average Bonchev–Trinajstić information content (AvgIpc) is 2.35. The molecule has 0 spiro atoms. The lowest BCUT2D eigenvalue weighted by atomic mass is 9.91. The van der Waals surface area contributed by atoms with Gasteiger partial charge in [0.15, 0.2) is 0 Å². The van der Waals surface area contributed by atoms with Gasteiger partial charge in [0, 0.05) is 18.2 Å². The molecule has 0 saturated heterocycles. The van der Waals surface area contributed by atoms with Gasteiger partial charge in [-0.1, -0.05) is 6.07 Å². The topological polar surface area (TPSA) is 49.8 Å². The summed E-state index contributed by atoms with van der Waals surface area (Å²) >= 11 is 0. The van der Waals surface area contributed by atoms with Crippen LogP contribution in [-0.2, 0) is 0 Å². The second-order valence-corrected chi connectivity index (χ2v) is 5.50. The zero-order chi connectivity index (χ0) is 14.5. The van der Waals surface area contributed by atoms with E-state index in [1.807, 2.05) is 26.0 Å². The van der Waals surface area contributed by atoms with Crippen LogP contribution in [0.15, 0.2) is 24.3 Å². The Kier molecular flexibility index (Phi) is 5.01. The van der Waals surface area contributed by atoms with E-state index in [4.69, 9.17) is 9.84 Å². The average molecular weight is 277 g/mol. The molecule has 0 bridgehead atoms. The fourth-order valence-corrected chi connectivity index (χ4v) is 2.40. The Hall–Kier alpha value is -1.55. The van der Waals surface area contributed by atoms with Crippen LogP contribution in [0.5, 0.6) is 5.75 Å². The molecule has 0 heterocycles. The van der Waals surface area contributed by atoms with Crippen LogP contribution in [0, 0.1) is 0 Å². The molecule has 4 heteroatoms. The minimum absolute atomic E-state index is 0.00439. The van der Waals surface area contributed by atoms with Gasteiger partial charge in [0.2, 0.25) is 0 Å². The Morgan fingerprint density at radius 2 is 2.20 bits per heavy atom. The third kappa shape index (κ3) is 3.51. The molecule has 1 saturated carbocycles. The van der Waals surface area contributed by atoms with Crippen LogP contribution in [0.4, 0.5) is 0 Å². The van der Waals surface area contributed by atoms with Crippen LogP contribution >= 0.6 is 0 Å². The van der Waals surface area contributed by atoms with E-state index in [2.05, 4.69) is 0 Å². The molecule has 20 heavy (non-hydrogen) atoms. The number of hydrogen-bond donors (Lipinski definition) is 1. The van der Waals surface area contributed by atoms with Gasteiger partial charge in [-0.25, -0.2) is 0 Å². The number of ether oxygens (including phenoxy) is 1. The van der Waals surface area contributed by atoms with Crippen LogP contribution in [0.3, 0.4) is 0 Å². The maximum absolute atomic E-state index is 12.6. The van der Waals surface area contributed by atoms with Gasteiger partial charge in [-0.15, -0.1) is 0 Å². The van der Waals surface area contributed by atoms with Gasteiger partial charge in [-0.2, -0.15) is 0 Å². The molecule has 1 amide bonds. The highest BCUT2D eigenvalue weighted by Crippen LogP contribution is 2.26. The van der Waals surface area contributed by atoms with E-state index >= 15 is 0 Å². The van der Waals surface area contributed by atoms with E-state index in [-0.39, 0.29) is 24.7 Å². The van der Waals surface area contributed by atoms with Gasteiger partial charge >= 0.3 is 0 Å². The first kappa shape index (κ1) is 14.9. The molecule has 110 valence electrons. The van der Waals surface area contributed by atoms with Gasteiger partial charge in [0.25, 0.3) is 5.91 Å². The molecule has 0 radical (unpaired) electrons. The van der Waals surface area contributed by atoms with Gasteiger partial charge in [0.1, 0.15) is 5.75 Å². The van der Waals surface area contributed by atoms with E-state index < -0.39 is 0 Å². The zero-order valence-electron chi connectivity index (χ0n) is 12.2. The summed E-state index contributed by atoms with van der Waals surface area (Å²) in [5.41, 5.74) is 0.628. The molecule has 1 aliphatic rings. The molecule has 0 aliphatic heterocycles. The van der Waals surface area contributed by atoms with Crippen molar-refractivity contribution in [1.82, 2.24) is 4.90 Å². The Morgan fingerprint density at radius 3 is 2.75 bits per heavy atom. The van der Waals surface area contributed by atoms with Crippen LogP contribution in [0.1, 0.15) is 43.5 Å². The number of amides is 1. The van der Waals surface area contributed by atoms with Crippen molar-refractivity contribution in [1.29, 1.82) is 0 Å². The first-order valence-electron chi connectivity index (χ1n) is 7.30. The lowest BCUT2D eigenvalue weighted by molar-refractivity contribution is 0.0525. The Morgan fingerprint density at radius 1 is 1.45 bits per heavy atom. The van der Waals surface area contributed by atoms with Crippen molar-refractivity contribution < 1.29 is 14.6 Å². The summed E-state index contributed by atoms with van der Waals surface area (Å²) in [5, 5.41) is 9.16. The third-order valence-corrected chi connectivity index (χ3v) is 3.57. The van der Waals surface area contributed by atoms with Gasteiger partial charge in [-0.05, 0) is 51.3 Å².